The van der Waals surface area contributed by atoms with Gasteiger partial charge in [-0.1, -0.05) is 23.2 Å². The number of nitrogens with one attached hydrogen (secondary N) is 1. The maximum atomic E-state index is 12.4. The van der Waals surface area contributed by atoms with Crippen LogP contribution in [0.1, 0.15) is 6.92 Å². The van der Waals surface area contributed by atoms with E-state index in [0.717, 1.165) is 0 Å². The SMILES string of the molecule is CC(=O)N(C)c1ccc(NS(=O)(=O)c2ccc(Cl)cc2Cl)cc1. The fraction of sp³-hybridized carbons (Fsp3) is 0.133. The third-order valence-corrected chi connectivity index (χ3v) is 5.26. The molecule has 0 saturated carbocycles. The van der Waals surface area contributed by atoms with Crippen LogP contribution in [0.4, 0.5) is 11.4 Å². The number of carbonyl (C=O) groups excluding carboxylic acids is 1. The van der Waals surface area contributed by atoms with E-state index in [4.69, 9.17) is 23.2 Å². The van der Waals surface area contributed by atoms with Crippen molar-refractivity contribution in [1.29, 1.82) is 0 Å². The maximum Gasteiger partial charge on any atom is 0.263 e. The summed E-state index contributed by atoms with van der Waals surface area (Å²) in [6.07, 6.45) is 0. The van der Waals surface area contributed by atoms with Crippen LogP contribution in [0.3, 0.4) is 0 Å². The smallest absolute Gasteiger partial charge is 0.263 e. The Morgan fingerprint density at radius 2 is 1.70 bits per heavy atom. The van der Waals surface area contributed by atoms with E-state index >= 15 is 0 Å². The van der Waals surface area contributed by atoms with Crippen LogP contribution in [-0.2, 0) is 14.8 Å². The van der Waals surface area contributed by atoms with Gasteiger partial charge >= 0.3 is 0 Å². The molecule has 0 radical (unpaired) electrons. The molecule has 0 unspecified atom stereocenters. The Bertz CT molecular complexity index is 836. The van der Waals surface area contributed by atoms with Crippen molar-refractivity contribution in [2.75, 3.05) is 16.7 Å². The first-order valence-electron chi connectivity index (χ1n) is 6.53. The summed E-state index contributed by atoms with van der Waals surface area (Å²) in [6, 6.07) is 10.6. The number of carbonyl (C=O) groups is 1. The second-order valence-electron chi connectivity index (χ2n) is 4.81. The monoisotopic (exact) mass is 372 g/mol. The number of sulfonamides is 1. The van der Waals surface area contributed by atoms with Gasteiger partial charge in [-0.25, -0.2) is 8.42 Å². The second-order valence-corrected chi connectivity index (χ2v) is 7.30. The highest BCUT2D eigenvalue weighted by atomic mass is 35.5. The third kappa shape index (κ3) is 4.16. The van der Waals surface area contributed by atoms with Crippen molar-refractivity contribution in [1.82, 2.24) is 0 Å². The average molecular weight is 373 g/mol. The molecule has 23 heavy (non-hydrogen) atoms. The molecule has 1 N–H and O–H groups in total. The van der Waals surface area contributed by atoms with Gasteiger partial charge in [-0.05, 0) is 42.5 Å². The Morgan fingerprint density at radius 1 is 1.09 bits per heavy atom. The van der Waals surface area contributed by atoms with Gasteiger partial charge in [0.15, 0.2) is 0 Å². The number of anilines is 2. The largest absolute Gasteiger partial charge is 0.316 e. The molecule has 0 bridgehead atoms. The zero-order chi connectivity index (χ0) is 17.2. The van der Waals surface area contributed by atoms with Gasteiger partial charge in [0, 0.05) is 30.4 Å². The highest BCUT2D eigenvalue weighted by Crippen LogP contribution is 2.27. The Balaban J connectivity index is 2.25. The van der Waals surface area contributed by atoms with Crippen molar-refractivity contribution < 1.29 is 13.2 Å². The highest BCUT2D eigenvalue weighted by Gasteiger charge is 2.18. The maximum absolute atomic E-state index is 12.4. The number of amides is 1. The third-order valence-electron chi connectivity index (χ3n) is 3.16. The molecule has 0 spiro atoms. The molecule has 0 aliphatic rings. The normalized spacial score (nSPS) is 11.1. The zero-order valence-electron chi connectivity index (χ0n) is 12.4. The van der Waals surface area contributed by atoms with Crippen molar-refractivity contribution in [3.05, 3.63) is 52.5 Å². The molecule has 0 atom stereocenters. The van der Waals surface area contributed by atoms with Crippen LogP contribution in [-0.4, -0.2) is 21.4 Å². The molecule has 8 heteroatoms. The first-order valence-corrected chi connectivity index (χ1v) is 8.77. The summed E-state index contributed by atoms with van der Waals surface area (Å²) in [7, 11) is -2.20. The molecule has 0 fully saturated rings. The van der Waals surface area contributed by atoms with Gasteiger partial charge in [0.1, 0.15) is 4.90 Å². The summed E-state index contributed by atoms with van der Waals surface area (Å²) in [5.74, 6) is -0.119. The number of hydrogen-bond donors (Lipinski definition) is 1. The molecule has 1 amide bonds. The lowest BCUT2D eigenvalue weighted by Gasteiger charge is -2.16. The molecule has 0 aliphatic carbocycles. The molecule has 0 saturated heterocycles. The van der Waals surface area contributed by atoms with Crippen LogP contribution in [0.15, 0.2) is 47.4 Å². The van der Waals surface area contributed by atoms with Crippen molar-refractivity contribution in [2.45, 2.75) is 11.8 Å². The lowest BCUT2D eigenvalue weighted by molar-refractivity contribution is -0.116. The van der Waals surface area contributed by atoms with Gasteiger partial charge in [0.05, 0.1) is 5.02 Å². The van der Waals surface area contributed by atoms with Crippen molar-refractivity contribution in [3.63, 3.8) is 0 Å². The van der Waals surface area contributed by atoms with Crippen LogP contribution >= 0.6 is 23.2 Å². The minimum Gasteiger partial charge on any atom is -0.316 e. The summed E-state index contributed by atoms with van der Waals surface area (Å²) < 4.78 is 27.1. The van der Waals surface area contributed by atoms with Gasteiger partial charge in [-0.3, -0.25) is 9.52 Å². The topological polar surface area (TPSA) is 66.5 Å². The Hall–Kier alpha value is -1.76. The van der Waals surface area contributed by atoms with E-state index in [-0.39, 0.29) is 15.8 Å². The minimum atomic E-state index is -3.83. The van der Waals surface area contributed by atoms with E-state index in [2.05, 4.69) is 4.72 Å². The highest BCUT2D eigenvalue weighted by molar-refractivity contribution is 7.92. The van der Waals surface area contributed by atoms with Crippen LogP contribution in [0.25, 0.3) is 0 Å². The van der Waals surface area contributed by atoms with E-state index in [9.17, 15) is 13.2 Å². The van der Waals surface area contributed by atoms with E-state index in [1.54, 1.807) is 31.3 Å². The fourth-order valence-electron chi connectivity index (χ4n) is 1.84. The molecule has 122 valence electrons. The van der Waals surface area contributed by atoms with E-state index in [1.807, 2.05) is 0 Å². The zero-order valence-corrected chi connectivity index (χ0v) is 14.7. The minimum absolute atomic E-state index is 0.0398. The molecular formula is C15H14Cl2N2O3S. The summed E-state index contributed by atoms with van der Waals surface area (Å²) in [5.41, 5.74) is 1.02. The fourth-order valence-corrected chi connectivity index (χ4v) is 3.67. The first-order chi connectivity index (χ1) is 10.7. The quantitative estimate of drug-likeness (QED) is 0.887. The predicted molar refractivity (Wildman–Crippen MR) is 92.8 cm³/mol. The average Bonchev–Trinajstić information content (AvgIpc) is 2.46. The molecule has 0 aromatic heterocycles. The predicted octanol–water partition coefficient (Wildman–Crippen LogP) is 3.78. The summed E-state index contributed by atoms with van der Waals surface area (Å²) in [5, 5.41) is 0.392. The van der Waals surface area contributed by atoms with Gasteiger partial charge in [0.25, 0.3) is 10.0 Å². The van der Waals surface area contributed by atoms with E-state index < -0.39 is 10.0 Å². The summed E-state index contributed by atoms with van der Waals surface area (Å²) in [4.78, 5) is 12.7. The molecule has 0 aliphatic heterocycles. The number of hydrogen-bond acceptors (Lipinski definition) is 3. The standard InChI is InChI=1S/C15H14Cl2N2O3S/c1-10(20)19(2)13-6-4-12(5-7-13)18-23(21,22)15-8-3-11(16)9-14(15)17/h3-9,18H,1-2H3. The number of nitrogens with zero attached hydrogens (tertiary/aromatic N) is 1. The van der Waals surface area contributed by atoms with Gasteiger partial charge in [0.2, 0.25) is 5.91 Å². The lowest BCUT2D eigenvalue weighted by atomic mass is 10.2. The van der Waals surface area contributed by atoms with Gasteiger partial charge in [-0.15, -0.1) is 0 Å². The first kappa shape index (κ1) is 17.6. The second kappa shape index (κ2) is 6.78. The van der Waals surface area contributed by atoms with Crippen LogP contribution in [0.5, 0.6) is 0 Å². The van der Waals surface area contributed by atoms with Crippen LogP contribution in [0, 0.1) is 0 Å². The summed E-state index contributed by atoms with van der Waals surface area (Å²) in [6.45, 7) is 1.44. The van der Waals surface area contributed by atoms with Crippen LogP contribution < -0.4 is 9.62 Å². The van der Waals surface area contributed by atoms with Gasteiger partial charge < -0.3 is 4.90 Å². The van der Waals surface area contributed by atoms with E-state index in [0.29, 0.717) is 16.4 Å². The van der Waals surface area contributed by atoms with E-state index in [1.165, 1.54) is 30.0 Å². The Labute approximate surface area is 144 Å². The van der Waals surface area contributed by atoms with Crippen molar-refractivity contribution >= 4 is 50.5 Å². The van der Waals surface area contributed by atoms with Crippen LogP contribution in [0.2, 0.25) is 10.0 Å². The number of rotatable bonds is 4. The van der Waals surface area contributed by atoms with Crippen molar-refractivity contribution in [2.24, 2.45) is 0 Å². The molecule has 2 aromatic carbocycles. The molecule has 5 nitrogen and oxygen atoms in total. The summed E-state index contributed by atoms with van der Waals surface area (Å²) >= 11 is 11.7. The number of halogens is 2. The Morgan fingerprint density at radius 3 is 2.22 bits per heavy atom. The molecular weight excluding hydrogens is 359 g/mol. The molecule has 2 aromatic rings. The van der Waals surface area contributed by atoms with Gasteiger partial charge in [-0.2, -0.15) is 0 Å². The molecule has 0 heterocycles. The lowest BCUT2D eigenvalue weighted by Crippen LogP contribution is -2.22. The number of benzene rings is 2. The molecule has 2 rings (SSSR count). The van der Waals surface area contributed by atoms with Crippen molar-refractivity contribution in [3.8, 4) is 0 Å². The Kier molecular flexibility index (Phi) is 5.19.